The fourth-order valence-corrected chi connectivity index (χ4v) is 5.09. The third-order valence-electron chi connectivity index (χ3n) is 5.86. The second-order valence-corrected chi connectivity index (χ2v) is 8.56. The molecule has 0 spiro atoms. The lowest BCUT2D eigenvalue weighted by Gasteiger charge is -2.22. The molecule has 2 aliphatic heterocycles. The van der Waals surface area contributed by atoms with E-state index < -0.39 is 0 Å². The van der Waals surface area contributed by atoms with E-state index in [1.54, 1.807) is 26.4 Å². The van der Waals surface area contributed by atoms with E-state index in [1.807, 2.05) is 46.7 Å². The highest BCUT2D eigenvalue weighted by atomic mass is 32.1. The Morgan fingerprint density at radius 1 is 0.938 bits per heavy atom. The van der Waals surface area contributed by atoms with Crippen molar-refractivity contribution >= 4 is 34.4 Å². The highest BCUT2D eigenvalue weighted by Gasteiger charge is 2.43. The van der Waals surface area contributed by atoms with Crippen molar-refractivity contribution in [3.05, 3.63) is 81.7 Å². The van der Waals surface area contributed by atoms with Gasteiger partial charge in [0.1, 0.15) is 5.70 Å². The standard InChI is InChI=1S/C25H22N2O4S/c1-30-19-10-9-16(14-20(19)31-2)15-27-24(28)22(21-8-5-13-32-21)23(25(27)29)26-12-11-17-6-3-4-7-18(17)26/h3-10,13-14H,11-12,15H2,1-2H3. The third kappa shape index (κ3) is 3.26. The first-order valence-electron chi connectivity index (χ1n) is 10.3. The lowest BCUT2D eigenvalue weighted by molar-refractivity contribution is -0.137. The van der Waals surface area contributed by atoms with Crippen molar-refractivity contribution in [1.29, 1.82) is 0 Å². The van der Waals surface area contributed by atoms with Gasteiger partial charge in [-0.25, -0.2) is 0 Å². The zero-order valence-electron chi connectivity index (χ0n) is 17.8. The monoisotopic (exact) mass is 446 g/mol. The average Bonchev–Trinajstić information content (AvgIpc) is 3.54. The first kappa shape index (κ1) is 20.3. The van der Waals surface area contributed by atoms with Crippen LogP contribution in [0.4, 0.5) is 5.69 Å². The summed E-state index contributed by atoms with van der Waals surface area (Å²) in [6.07, 6.45) is 0.842. The number of para-hydroxylation sites is 1. The highest BCUT2D eigenvalue weighted by molar-refractivity contribution is 7.11. The van der Waals surface area contributed by atoms with Gasteiger partial charge in [0.25, 0.3) is 11.8 Å². The van der Waals surface area contributed by atoms with Crippen LogP contribution in [0, 0.1) is 0 Å². The molecule has 0 unspecified atom stereocenters. The van der Waals surface area contributed by atoms with E-state index in [4.69, 9.17) is 9.47 Å². The summed E-state index contributed by atoms with van der Waals surface area (Å²) in [4.78, 5) is 31.3. The molecular formula is C25H22N2O4S. The molecule has 0 N–H and O–H groups in total. The number of hydrogen-bond acceptors (Lipinski definition) is 6. The second-order valence-electron chi connectivity index (χ2n) is 7.62. The molecule has 0 fully saturated rings. The average molecular weight is 447 g/mol. The molecule has 3 heterocycles. The van der Waals surface area contributed by atoms with Crippen LogP contribution in [0.5, 0.6) is 11.5 Å². The van der Waals surface area contributed by atoms with E-state index in [1.165, 1.54) is 21.8 Å². The van der Waals surface area contributed by atoms with E-state index in [0.717, 1.165) is 22.5 Å². The van der Waals surface area contributed by atoms with Crippen molar-refractivity contribution in [2.45, 2.75) is 13.0 Å². The summed E-state index contributed by atoms with van der Waals surface area (Å²) in [5, 5.41) is 1.92. The smallest absolute Gasteiger partial charge is 0.278 e. The van der Waals surface area contributed by atoms with E-state index in [0.29, 0.717) is 29.3 Å². The number of hydrogen-bond donors (Lipinski definition) is 0. The van der Waals surface area contributed by atoms with Crippen LogP contribution >= 0.6 is 11.3 Å². The number of anilines is 1. The molecule has 0 radical (unpaired) electrons. The highest BCUT2D eigenvalue weighted by Crippen LogP contribution is 2.40. The van der Waals surface area contributed by atoms with Crippen LogP contribution < -0.4 is 14.4 Å². The molecule has 0 bridgehead atoms. The van der Waals surface area contributed by atoms with Crippen molar-refractivity contribution in [2.75, 3.05) is 25.7 Å². The van der Waals surface area contributed by atoms with Gasteiger partial charge in [0, 0.05) is 17.1 Å². The Bertz CT molecular complexity index is 1230. The predicted molar refractivity (Wildman–Crippen MR) is 124 cm³/mol. The van der Waals surface area contributed by atoms with Crippen molar-refractivity contribution in [3.63, 3.8) is 0 Å². The van der Waals surface area contributed by atoms with Gasteiger partial charge in [0.15, 0.2) is 11.5 Å². The summed E-state index contributed by atoms with van der Waals surface area (Å²) in [6, 6.07) is 17.3. The maximum Gasteiger partial charge on any atom is 0.278 e. The van der Waals surface area contributed by atoms with Gasteiger partial charge in [-0.1, -0.05) is 30.3 Å². The Labute approximate surface area is 190 Å². The zero-order valence-corrected chi connectivity index (χ0v) is 18.6. The van der Waals surface area contributed by atoms with Crippen molar-refractivity contribution in [1.82, 2.24) is 4.90 Å². The molecule has 7 heteroatoms. The Morgan fingerprint density at radius 2 is 1.75 bits per heavy atom. The van der Waals surface area contributed by atoms with Crippen LogP contribution in [0.1, 0.15) is 16.0 Å². The van der Waals surface area contributed by atoms with Gasteiger partial charge in [-0.05, 0) is 47.2 Å². The molecule has 32 heavy (non-hydrogen) atoms. The van der Waals surface area contributed by atoms with Gasteiger partial charge in [-0.15, -0.1) is 11.3 Å². The molecular weight excluding hydrogens is 424 g/mol. The molecule has 5 rings (SSSR count). The first-order valence-corrected chi connectivity index (χ1v) is 11.2. The summed E-state index contributed by atoms with van der Waals surface area (Å²) in [5.74, 6) is 0.614. The molecule has 3 aromatic rings. The molecule has 2 amide bonds. The van der Waals surface area contributed by atoms with Crippen LogP contribution in [0.15, 0.2) is 65.7 Å². The summed E-state index contributed by atoms with van der Waals surface area (Å²) in [6.45, 7) is 0.832. The number of fused-ring (bicyclic) bond motifs is 1. The van der Waals surface area contributed by atoms with Crippen LogP contribution in [-0.4, -0.2) is 37.5 Å². The number of benzene rings is 2. The van der Waals surface area contributed by atoms with Gasteiger partial charge in [0.2, 0.25) is 0 Å². The first-order chi connectivity index (χ1) is 15.6. The van der Waals surface area contributed by atoms with Crippen LogP contribution in [0.25, 0.3) is 5.57 Å². The molecule has 0 atom stereocenters. The van der Waals surface area contributed by atoms with Crippen LogP contribution in [-0.2, 0) is 22.6 Å². The molecule has 1 aromatic heterocycles. The number of ether oxygens (including phenoxy) is 2. The second kappa shape index (κ2) is 8.16. The maximum atomic E-state index is 13.7. The zero-order chi connectivity index (χ0) is 22.2. The Hall–Kier alpha value is -3.58. The van der Waals surface area contributed by atoms with E-state index in [-0.39, 0.29) is 18.4 Å². The van der Waals surface area contributed by atoms with Gasteiger partial charge in [-0.2, -0.15) is 0 Å². The Kier molecular flexibility index (Phi) is 5.19. The number of methoxy groups -OCH3 is 2. The van der Waals surface area contributed by atoms with Crippen molar-refractivity contribution < 1.29 is 19.1 Å². The van der Waals surface area contributed by atoms with Gasteiger partial charge in [-0.3, -0.25) is 14.5 Å². The number of rotatable bonds is 6. The summed E-state index contributed by atoms with van der Waals surface area (Å²) in [5.41, 5.74) is 3.90. The SMILES string of the molecule is COc1ccc(CN2C(=O)C(c3cccs3)=C(N3CCc4ccccc43)C2=O)cc1OC. The van der Waals surface area contributed by atoms with Crippen LogP contribution in [0.3, 0.4) is 0 Å². The molecule has 0 saturated carbocycles. The van der Waals surface area contributed by atoms with Crippen molar-refractivity contribution in [2.24, 2.45) is 0 Å². The minimum Gasteiger partial charge on any atom is -0.493 e. The van der Waals surface area contributed by atoms with Gasteiger partial charge in [0.05, 0.1) is 26.3 Å². The number of imide groups is 1. The lowest BCUT2D eigenvalue weighted by atomic mass is 10.1. The molecule has 162 valence electrons. The molecule has 0 aliphatic carbocycles. The Morgan fingerprint density at radius 3 is 2.50 bits per heavy atom. The minimum absolute atomic E-state index is 0.159. The fourth-order valence-electron chi connectivity index (χ4n) is 4.33. The lowest BCUT2D eigenvalue weighted by Crippen LogP contribution is -2.34. The summed E-state index contributed by atoms with van der Waals surface area (Å²) >= 11 is 1.47. The maximum absolute atomic E-state index is 13.7. The fraction of sp³-hybridized carbons (Fsp3) is 0.200. The molecule has 2 aliphatic rings. The number of carbonyl (C=O) groups excluding carboxylic acids is 2. The molecule has 2 aromatic carbocycles. The molecule has 0 saturated heterocycles. The third-order valence-corrected chi connectivity index (χ3v) is 6.74. The van der Waals surface area contributed by atoms with E-state index in [9.17, 15) is 9.59 Å². The van der Waals surface area contributed by atoms with E-state index >= 15 is 0 Å². The summed E-state index contributed by atoms with van der Waals surface area (Å²) in [7, 11) is 3.13. The van der Waals surface area contributed by atoms with Crippen LogP contribution in [0.2, 0.25) is 0 Å². The topological polar surface area (TPSA) is 59.1 Å². The minimum atomic E-state index is -0.273. The largest absolute Gasteiger partial charge is 0.493 e. The molecule has 6 nitrogen and oxygen atoms in total. The van der Waals surface area contributed by atoms with Gasteiger partial charge >= 0.3 is 0 Å². The normalized spacial score (nSPS) is 15.6. The number of carbonyl (C=O) groups is 2. The predicted octanol–water partition coefficient (Wildman–Crippen LogP) is 4.11. The quantitative estimate of drug-likeness (QED) is 0.534. The summed E-state index contributed by atoms with van der Waals surface area (Å²) < 4.78 is 10.7. The Balaban J connectivity index is 1.54. The van der Waals surface area contributed by atoms with Gasteiger partial charge < -0.3 is 14.4 Å². The van der Waals surface area contributed by atoms with E-state index in [2.05, 4.69) is 6.07 Å². The van der Waals surface area contributed by atoms with Crippen molar-refractivity contribution in [3.8, 4) is 11.5 Å². The number of amides is 2. The number of thiophene rings is 1. The number of nitrogens with zero attached hydrogens (tertiary/aromatic N) is 2.